The summed E-state index contributed by atoms with van der Waals surface area (Å²) in [6.45, 7) is 9.43. The molecule has 1 heterocycles. The molecular weight excluding hydrogens is 276 g/mol. The highest BCUT2D eigenvalue weighted by molar-refractivity contribution is 5.89. The molecule has 1 aliphatic rings. The molecule has 2 rings (SSSR count). The third kappa shape index (κ3) is 4.09. The Bertz CT molecular complexity index is 535. The summed E-state index contributed by atoms with van der Waals surface area (Å²) in [4.78, 5) is 25.4. The third-order valence-electron chi connectivity index (χ3n) is 4.36. The number of anilines is 1. The van der Waals surface area contributed by atoms with Crippen molar-refractivity contribution in [3.8, 4) is 0 Å². The van der Waals surface area contributed by atoms with Gasteiger partial charge in [0.2, 0.25) is 0 Å². The molecule has 1 fully saturated rings. The predicted molar refractivity (Wildman–Crippen MR) is 89.1 cm³/mol. The number of nitrogens with zero attached hydrogens (tertiary/aromatic N) is 1. The summed E-state index contributed by atoms with van der Waals surface area (Å²) < 4.78 is 0. The van der Waals surface area contributed by atoms with Gasteiger partial charge in [-0.1, -0.05) is 32.9 Å². The van der Waals surface area contributed by atoms with E-state index in [9.17, 15) is 9.59 Å². The van der Waals surface area contributed by atoms with E-state index >= 15 is 0 Å². The Kier molecular flexibility index (Phi) is 4.89. The largest absolute Gasteiger partial charge is 0.324 e. The summed E-state index contributed by atoms with van der Waals surface area (Å²) in [6, 6.07) is 7.92. The minimum atomic E-state index is -0.0782. The van der Waals surface area contributed by atoms with Gasteiger partial charge in [-0.3, -0.25) is 4.79 Å². The number of carbonyl (C=O) groups is 2. The van der Waals surface area contributed by atoms with Crippen LogP contribution in [0.3, 0.4) is 0 Å². The molecule has 1 aromatic carbocycles. The third-order valence-corrected chi connectivity index (χ3v) is 4.36. The van der Waals surface area contributed by atoms with Crippen LogP contribution in [0.2, 0.25) is 0 Å². The lowest BCUT2D eigenvalue weighted by atomic mass is 9.87. The molecule has 0 atom stereocenters. The van der Waals surface area contributed by atoms with Gasteiger partial charge in [0.25, 0.3) is 0 Å². The zero-order valence-electron chi connectivity index (χ0n) is 14.0. The number of carbonyl (C=O) groups excluding carboxylic acids is 2. The van der Waals surface area contributed by atoms with Gasteiger partial charge >= 0.3 is 6.03 Å². The topological polar surface area (TPSA) is 49.4 Å². The summed E-state index contributed by atoms with van der Waals surface area (Å²) in [5.41, 5.74) is 2.16. The number of nitrogens with one attached hydrogen (secondary N) is 1. The first-order valence-electron chi connectivity index (χ1n) is 7.94. The van der Waals surface area contributed by atoms with Crippen LogP contribution in [0.5, 0.6) is 0 Å². The number of likely N-dealkylation sites (tertiary alicyclic amines) is 1. The quantitative estimate of drug-likeness (QED) is 0.903. The van der Waals surface area contributed by atoms with E-state index in [0.29, 0.717) is 13.1 Å². The van der Waals surface area contributed by atoms with E-state index < -0.39 is 0 Å². The second-order valence-corrected chi connectivity index (χ2v) is 7.13. The van der Waals surface area contributed by atoms with Gasteiger partial charge in [-0.15, -0.1) is 0 Å². The van der Waals surface area contributed by atoms with Crippen molar-refractivity contribution in [3.63, 3.8) is 0 Å². The van der Waals surface area contributed by atoms with Crippen molar-refractivity contribution in [2.45, 2.75) is 46.0 Å². The summed E-state index contributed by atoms with van der Waals surface area (Å²) in [6.07, 6.45) is 1.54. The highest BCUT2D eigenvalue weighted by Gasteiger charge is 2.25. The monoisotopic (exact) mass is 302 g/mol. The van der Waals surface area contributed by atoms with E-state index in [0.717, 1.165) is 18.5 Å². The summed E-state index contributed by atoms with van der Waals surface area (Å²) >= 11 is 0. The van der Waals surface area contributed by atoms with Gasteiger partial charge in [0.1, 0.15) is 5.78 Å². The first-order chi connectivity index (χ1) is 10.3. The molecule has 2 amide bonds. The molecule has 0 aromatic heterocycles. The zero-order valence-corrected chi connectivity index (χ0v) is 14.0. The average Bonchev–Trinajstić information content (AvgIpc) is 2.47. The number of amides is 2. The van der Waals surface area contributed by atoms with E-state index in [1.807, 2.05) is 12.1 Å². The van der Waals surface area contributed by atoms with Gasteiger partial charge in [-0.2, -0.15) is 0 Å². The SMILES string of the molecule is CC(=O)C1CCN(C(=O)Nc2ccc(C(C)(C)C)cc2)CC1. The van der Waals surface area contributed by atoms with Gasteiger partial charge in [0.05, 0.1) is 0 Å². The Labute approximate surface area is 132 Å². The maximum atomic E-state index is 12.3. The molecule has 0 aliphatic carbocycles. The number of hydrogen-bond acceptors (Lipinski definition) is 2. The molecule has 120 valence electrons. The number of rotatable bonds is 2. The molecule has 4 heteroatoms. The van der Waals surface area contributed by atoms with Gasteiger partial charge in [-0.05, 0) is 42.9 Å². The summed E-state index contributed by atoms with van der Waals surface area (Å²) in [7, 11) is 0. The molecule has 0 unspecified atom stereocenters. The molecule has 0 saturated carbocycles. The molecule has 0 spiro atoms. The molecule has 0 radical (unpaired) electrons. The van der Waals surface area contributed by atoms with Crippen molar-refractivity contribution < 1.29 is 9.59 Å². The van der Waals surface area contributed by atoms with E-state index in [2.05, 4.69) is 38.2 Å². The van der Waals surface area contributed by atoms with Crippen molar-refractivity contribution in [1.29, 1.82) is 0 Å². The van der Waals surface area contributed by atoms with Crippen molar-refractivity contribution in [3.05, 3.63) is 29.8 Å². The fraction of sp³-hybridized carbons (Fsp3) is 0.556. The summed E-state index contributed by atoms with van der Waals surface area (Å²) in [5, 5.41) is 2.94. The van der Waals surface area contributed by atoms with Crippen LogP contribution in [-0.2, 0) is 10.2 Å². The minimum absolute atomic E-state index is 0.0782. The van der Waals surface area contributed by atoms with Crippen molar-refractivity contribution in [2.75, 3.05) is 18.4 Å². The standard InChI is InChI=1S/C18H26N2O2/c1-13(21)14-9-11-20(12-10-14)17(22)19-16-7-5-15(6-8-16)18(2,3)4/h5-8,14H,9-12H2,1-4H3,(H,19,22). The Morgan fingerprint density at radius 1 is 1.09 bits per heavy atom. The van der Waals surface area contributed by atoms with Crippen LogP contribution in [0.25, 0.3) is 0 Å². The zero-order chi connectivity index (χ0) is 16.3. The molecule has 4 nitrogen and oxygen atoms in total. The number of benzene rings is 1. The smallest absolute Gasteiger partial charge is 0.321 e. The van der Waals surface area contributed by atoms with Gasteiger partial charge in [0.15, 0.2) is 0 Å². The fourth-order valence-electron chi connectivity index (χ4n) is 2.75. The Balaban J connectivity index is 1.91. The van der Waals surface area contributed by atoms with Crippen molar-refractivity contribution in [1.82, 2.24) is 4.90 Å². The van der Waals surface area contributed by atoms with Crippen LogP contribution >= 0.6 is 0 Å². The van der Waals surface area contributed by atoms with Gasteiger partial charge in [0, 0.05) is 24.7 Å². The minimum Gasteiger partial charge on any atom is -0.324 e. The Hall–Kier alpha value is -1.84. The van der Waals surface area contributed by atoms with Crippen LogP contribution in [-0.4, -0.2) is 29.8 Å². The van der Waals surface area contributed by atoms with Crippen molar-refractivity contribution in [2.24, 2.45) is 5.92 Å². The van der Waals surface area contributed by atoms with Crippen LogP contribution in [0.15, 0.2) is 24.3 Å². The van der Waals surface area contributed by atoms with Crippen LogP contribution in [0.4, 0.5) is 10.5 Å². The number of piperidine rings is 1. The highest BCUT2D eigenvalue weighted by atomic mass is 16.2. The average molecular weight is 302 g/mol. The van der Waals surface area contributed by atoms with E-state index in [-0.39, 0.29) is 23.1 Å². The summed E-state index contributed by atoms with van der Waals surface area (Å²) in [5.74, 6) is 0.355. The lowest BCUT2D eigenvalue weighted by Crippen LogP contribution is -2.42. The molecule has 1 aromatic rings. The van der Waals surface area contributed by atoms with E-state index in [1.165, 1.54) is 5.56 Å². The first-order valence-corrected chi connectivity index (χ1v) is 7.94. The normalized spacial score (nSPS) is 16.5. The Morgan fingerprint density at radius 2 is 1.64 bits per heavy atom. The van der Waals surface area contributed by atoms with Gasteiger partial charge in [-0.25, -0.2) is 4.79 Å². The molecule has 0 bridgehead atoms. The maximum absolute atomic E-state index is 12.3. The number of ketones is 1. The second kappa shape index (κ2) is 6.51. The first kappa shape index (κ1) is 16.5. The Morgan fingerprint density at radius 3 is 2.09 bits per heavy atom. The number of urea groups is 1. The predicted octanol–water partition coefficient (Wildman–Crippen LogP) is 3.82. The van der Waals surface area contributed by atoms with E-state index in [4.69, 9.17) is 0 Å². The maximum Gasteiger partial charge on any atom is 0.321 e. The lowest BCUT2D eigenvalue weighted by molar-refractivity contribution is -0.121. The number of hydrogen-bond donors (Lipinski definition) is 1. The number of Topliss-reactive ketones (excluding diaryl/α,β-unsaturated/α-hetero) is 1. The van der Waals surface area contributed by atoms with Crippen LogP contribution in [0, 0.1) is 5.92 Å². The molecule has 22 heavy (non-hydrogen) atoms. The van der Waals surface area contributed by atoms with Gasteiger partial charge < -0.3 is 10.2 Å². The van der Waals surface area contributed by atoms with Crippen molar-refractivity contribution >= 4 is 17.5 Å². The molecule has 1 saturated heterocycles. The lowest BCUT2D eigenvalue weighted by Gasteiger charge is -2.31. The van der Waals surface area contributed by atoms with Crippen LogP contribution < -0.4 is 5.32 Å². The van der Waals surface area contributed by atoms with Crippen LogP contribution in [0.1, 0.15) is 46.1 Å². The fourth-order valence-corrected chi connectivity index (χ4v) is 2.75. The second-order valence-electron chi connectivity index (χ2n) is 7.13. The molecule has 1 aliphatic heterocycles. The van der Waals surface area contributed by atoms with E-state index in [1.54, 1.807) is 11.8 Å². The highest BCUT2D eigenvalue weighted by Crippen LogP contribution is 2.24. The molecule has 1 N–H and O–H groups in total. The molecular formula is C18H26N2O2.